The highest BCUT2D eigenvalue weighted by Gasteiger charge is 2.34. The molecular formula is C26H26ClFN4O3S. The molecule has 4 heterocycles. The molecule has 3 N–H and O–H groups in total. The van der Waals surface area contributed by atoms with Gasteiger partial charge < -0.3 is 24.9 Å². The van der Waals surface area contributed by atoms with Crippen molar-refractivity contribution in [2.24, 2.45) is 7.05 Å². The summed E-state index contributed by atoms with van der Waals surface area (Å²) in [5.74, 6) is -0.604. The number of thiophene rings is 1. The summed E-state index contributed by atoms with van der Waals surface area (Å²) in [6.45, 7) is 6.20. The van der Waals surface area contributed by atoms with E-state index < -0.39 is 5.60 Å². The SMILES string of the molecule is CCNC(=O)c1cc2c(-c3sc(C(C)(C)O)c(Cl)c3N3CCc4cc(F)ccc43)cn(C)c(=O)c2[nH]1. The highest BCUT2D eigenvalue weighted by atomic mass is 35.5. The van der Waals surface area contributed by atoms with E-state index in [1.54, 1.807) is 39.2 Å². The van der Waals surface area contributed by atoms with E-state index in [-0.39, 0.29) is 23.0 Å². The summed E-state index contributed by atoms with van der Waals surface area (Å²) in [6, 6.07) is 6.36. The Morgan fingerprint density at radius 1 is 1.33 bits per heavy atom. The van der Waals surface area contributed by atoms with Gasteiger partial charge in [-0.05, 0) is 57.0 Å². The zero-order chi connectivity index (χ0) is 25.9. The van der Waals surface area contributed by atoms with E-state index in [0.717, 1.165) is 16.1 Å². The molecule has 0 radical (unpaired) electrons. The quantitative estimate of drug-likeness (QED) is 0.338. The van der Waals surface area contributed by atoms with Crippen LogP contribution in [0, 0.1) is 5.82 Å². The third-order valence-corrected chi connectivity index (χ3v) is 8.39. The van der Waals surface area contributed by atoms with Crippen LogP contribution in [-0.4, -0.2) is 33.7 Å². The Labute approximate surface area is 216 Å². The molecule has 7 nitrogen and oxygen atoms in total. The van der Waals surface area contributed by atoms with Crippen molar-refractivity contribution >= 4 is 51.1 Å². The molecule has 0 aliphatic carbocycles. The Hall–Kier alpha value is -3.14. The minimum absolute atomic E-state index is 0.266. The maximum Gasteiger partial charge on any atom is 0.274 e. The Morgan fingerprint density at radius 3 is 2.78 bits per heavy atom. The van der Waals surface area contributed by atoms with Gasteiger partial charge in [-0.3, -0.25) is 9.59 Å². The van der Waals surface area contributed by atoms with Crippen LogP contribution in [0.3, 0.4) is 0 Å². The zero-order valence-electron chi connectivity index (χ0n) is 20.3. The third kappa shape index (κ3) is 3.91. The normalized spacial score (nSPS) is 13.5. The van der Waals surface area contributed by atoms with E-state index in [4.69, 9.17) is 11.6 Å². The lowest BCUT2D eigenvalue weighted by Crippen LogP contribution is -2.23. The number of hydrogen-bond acceptors (Lipinski definition) is 5. The molecule has 4 aromatic rings. The third-order valence-electron chi connectivity index (χ3n) is 6.38. The fraction of sp³-hybridized carbons (Fsp3) is 0.308. The van der Waals surface area contributed by atoms with Gasteiger partial charge in [0, 0.05) is 43.0 Å². The summed E-state index contributed by atoms with van der Waals surface area (Å²) in [7, 11) is 1.65. The minimum atomic E-state index is -1.22. The molecular weight excluding hydrogens is 503 g/mol. The standard InChI is InChI=1S/C26H26ClFN4O3S/c1-5-29-24(33)17-11-15-16(12-31(4)25(34)20(15)30-17)22-21(19(27)23(36-22)26(2,3)35)32-9-8-13-10-14(28)6-7-18(13)32/h6-7,10-12,30,35H,5,8-9H2,1-4H3,(H,29,33). The number of aliphatic hydroxyl groups is 1. The number of benzene rings is 1. The van der Waals surface area contributed by atoms with Crippen LogP contribution in [0.15, 0.2) is 35.3 Å². The summed E-state index contributed by atoms with van der Waals surface area (Å²) >= 11 is 8.30. The smallest absolute Gasteiger partial charge is 0.274 e. The molecule has 0 atom stereocenters. The van der Waals surface area contributed by atoms with Crippen LogP contribution in [0.25, 0.3) is 21.3 Å². The number of aromatic nitrogens is 2. The van der Waals surface area contributed by atoms with Crippen LogP contribution < -0.4 is 15.8 Å². The van der Waals surface area contributed by atoms with Gasteiger partial charge in [0.05, 0.1) is 26.1 Å². The fourth-order valence-electron chi connectivity index (χ4n) is 4.71. The molecule has 0 spiro atoms. The summed E-state index contributed by atoms with van der Waals surface area (Å²) < 4.78 is 15.4. The van der Waals surface area contributed by atoms with E-state index in [1.165, 1.54) is 28.0 Å². The van der Waals surface area contributed by atoms with Crippen molar-refractivity contribution in [3.05, 3.63) is 67.8 Å². The number of hydrogen-bond donors (Lipinski definition) is 3. The predicted octanol–water partition coefficient (Wildman–Crippen LogP) is 5.06. The Bertz CT molecular complexity index is 1580. The first-order valence-corrected chi connectivity index (χ1v) is 12.8. The first-order chi connectivity index (χ1) is 17.0. The number of nitrogens with zero attached hydrogens (tertiary/aromatic N) is 2. The minimum Gasteiger partial charge on any atom is -0.385 e. The van der Waals surface area contributed by atoms with Crippen LogP contribution in [0.1, 0.15) is 41.7 Å². The van der Waals surface area contributed by atoms with Gasteiger partial charge in [-0.25, -0.2) is 4.39 Å². The molecule has 0 bridgehead atoms. The zero-order valence-corrected chi connectivity index (χ0v) is 21.9. The number of H-pyrrole nitrogens is 1. The van der Waals surface area contributed by atoms with Crippen LogP contribution in [0.4, 0.5) is 15.8 Å². The highest BCUT2D eigenvalue weighted by Crippen LogP contribution is 2.53. The van der Waals surface area contributed by atoms with Crippen LogP contribution in [0.5, 0.6) is 0 Å². The number of anilines is 2. The van der Waals surface area contributed by atoms with Crippen molar-refractivity contribution < 1.29 is 14.3 Å². The number of aryl methyl sites for hydroxylation is 1. The molecule has 0 fully saturated rings. The van der Waals surface area contributed by atoms with E-state index in [1.807, 2.05) is 11.8 Å². The van der Waals surface area contributed by atoms with Gasteiger partial charge in [0.1, 0.15) is 17.0 Å². The molecule has 0 saturated heterocycles. The number of carbonyl (C=O) groups excluding carboxylic acids is 1. The number of rotatable bonds is 5. The Balaban J connectivity index is 1.80. The van der Waals surface area contributed by atoms with Crippen molar-refractivity contribution in [3.63, 3.8) is 0 Å². The van der Waals surface area contributed by atoms with Gasteiger partial charge in [0.15, 0.2) is 0 Å². The number of carbonyl (C=O) groups is 1. The van der Waals surface area contributed by atoms with Crippen molar-refractivity contribution in [1.29, 1.82) is 0 Å². The monoisotopic (exact) mass is 528 g/mol. The summed E-state index contributed by atoms with van der Waals surface area (Å²) in [6.07, 6.45) is 2.37. The summed E-state index contributed by atoms with van der Waals surface area (Å²) in [5.41, 5.74) is 2.21. The molecule has 36 heavy (non-hydrogen) atoms. The molecule has 188 valence electrons. The lowest BCUT2D eigenvalue weighted by molar-refractivity contribution is 0.0826. The lowest BCUT2D eigenvalue weighted by atomic mass is 10.1. The molecule has 3 aromatic heterocycles. The number of amides is 1. The molecule has 1 aliphatic rings. The second kappa shape index (κ2) is 8.76. The van der Waals surface area contributed by atoms with Crippen molar-refractivity contribution in [2.75, 3.05) is 18.0 Å². The Kier molecular flexibility index (Phi) is 5.97. The molecule has 10 heteroatoms. The maximum absolute atomic E-state index is 13.9. The van der Waals surface area contributed by atoms with Gasteiger partial charge in [-0.15, -0.1) is 11.3 Å². The number of nitrogens with one attached hydrogen (secondary N) is 2. The molecule has 1 amide bonds. The lowest BCUT2D eigenvalue weighted by Gasteiger charge is -2.22. The maximum atomic E-state index is 13.9. The second-order valence-corrected chi connectivity index (χ2v) is 10.8. The predicted molar refractivity (Wildman–Crippen MR) is 142 cm³/mol. The number of aromatic amines is 1. The molecule has 5 rings (SSSR count). The van der Waals surface area contributed by atoms with E-state index in [0.29, 0.717) is 51.6 Å². The first-order valence-electron chi connectivity index (χ1n) is 11.6. The topological polar surface area (TPSA) is 90.4 Å². The van der Waals surface area contributed by atoms with Gasteiger partial charge in [0.25, 0.3) is 11.5 Å². The van der Waals surface area contributed by atoms with Crippen molar-refractivity contribution in [3.8, 4) is 10.4 Å². The van der Waals surface area contributed by atoms with Gasteiger partial charge >= 0.3 is 0 Å². The largest absolute Gasteiger partial charge is 0.385 e. The van der Waals surface area contributed by atoms with Crippen LogP contribution >= 0.6 is 22.9 Å². The molecule has 0 unspecified atom stereocenters. The number of pyridine rings is 1. The second-order valence-electron chi connectivity index (χ2n) is 9.45. The van der Waals surface area contributed by atoms with Crippen LogP contribution in [0.2, 0.25) is 5.02 Å². The number of halogens is 2. The van der Waals surface area contributed by atoms with Crippen LogP contribution in [-0.2, 0) is 19.1 Å². The van der Waals surface area contributed by atoms with Gasteiger partial charge in [-0.1, -0.05) is 11.6 Å². The average molecular weight is 529 g/mol. The molecule has 0 saturated carbocycles. The summed E-state index contributed by atoms with van der Waals surface area (Å²) in [4.78, 5) is 31.9. The highest BCUT2D eigenvalue weighted by molar-refractivity contribution is 7.17. The average Bonchev–Trinajstić information content (AvgIpc) is 3.51. The Morgan fingerprint density at radius 2 is 2.08 bits per heavy atom. The molecule has 1 aliphatic heterocycles. The van der Waals surface area contributed by atoms with E-state index in [9.17, 15) is 19.1 Å². The van der Waals surface area contributed by atoms with Gasteiger partial charge in [-0.2, -0.15) is 0 Å². The number of fused-ring (bicyclic) bond motifs is 2. The van der Waals surface area contributed by atoms with Gasteiger partial charge in [0.2, 0.25) is 0 Å². The fourth-order valence-corrected chi connectivity index (χ4v) is 6.54. The van der Waals surface area contributed by atoms with E-state index >= 15 is 0 Å². The summed E-state index contributed by atoms with van der Waals surface area (Å²) in [5, 5.41) is 14.7. The van der Waals surface area contributed by atoms with E-state index in [2.05, 4.69) is 10.3 Å². The van der Waals surface area contributed by atoms with Crippen molar-refractivity contribution in [2.45, 2.75) is 32.8 Å². The van der Waals surface area contributed by atoms with Crippen molar-refractivity contribution in [1.82, 2.24) is 14.9 Å². The first kappa shape index (κ1) is 24.5. The molecule has 1 aromatic carbocycles.